The maximum atomic E-state index is 11.8. The molecular formula is C14H18N2O2. The summed E-state index contributed by atoms with van der Waals surface area (Å²) in [5.74, 6) is -0.903. The van der Waals surface area contributed by atoms with Crippen LogP contribution in [0.15, 0.2) is 36.0 Å². The van der Waals surface area contributed by atoms with Crippen molar-refractivity contribution in [3.05, 3.63) is 41.6 Å². The van der Waals surface area contributed by atoms with Crippen molar-refractivity contribution in [1.29, 1.82) is 0 Å². The number of carbonyl (C=O) groups excluding carboxylic acids is 2. The van der Waals surface area contributed by atoms with E-state index in [2.05, 4.69) is 5.32 Å². The number of amides is 2. The highest BCUT2D eigenvalue weighted by Crippen LogP contribution is 2.14. The first kappa shape index (κ1) is 14.0. The number of primary amides is 1. The van der Waals surface area contributed by atoms with Gasteiger partial charge in [0, 0.05) is 5.41 Å². The summed E-state index contributed by atoms with van der Waals surface area (Å²) in [5, 5.41) is 2.55. The number of nitrogens with two attached hydrogens (primary N) is 1. The highest BCUT2D eigenvalue weighted by molar-refractivity contribution is 6.01. The topological polar surface area (TPSA) is 72.2 Å². The van der Waals surface area contributed by atoms with Crippen LogP contribution in [0.2, 0.25) is 0 Å². The van der Waals surface area contributed by atoms with Gasteiger partial charge in [-0.3, -0.25) is 9.59 Å². The van der Waals surface area contributed by atoms with Gasteiger partial charge in [-0.05, 0) is 11.6 Å². The summed E-state index contributed by atoms with van der Waals surface area (Å²) in [6.07, 6.45) is 1.56. The molecule has 18 heavy (non-hydrogen) atoms. The van der Waals surface area contributed by atoms with Gasteiger partial charge < -0.3 is 11.1 Å². The molecule has 0 aromatic heterocycles. The molecule has 0 spiro atoms. The summed E-state index contributed by atoms with van der Waals surface area (Å²) in [6.45, 7) is 5.30. The number of rotatable bonds is 3. The maximum absolute atomic E-state index is 11.8. The Hall–Kier alpha value is -2.10. The summed E-state index contributed by atoms with van der Waals surface area (Å²) in [5.41, 5.74) is 5.58. The van der Waals surface area contributed by atoms with Crippen molar-refractivity contribution in [2.45, 2.75) is 20.8 Å². The van der Waals surface area contributed by atoms with Gasteiger partial charge in [0.15, 0.2) is 0 Å². The van der Waals surface area contributed by atoms with E-state index >= 15 is 0 Å². The first-order valence-corrected chi connectivity index (χ1v) is 5.68. The molecule has 0 unspecified atom stereocenters. The normalized spacial score (nSPS) is 12.1. The van der Waals surface area contributed by atoms with Crippen molar-refractivity contribution in [1.82, 2.24) is 5.32 Å². The molecule has 3 N–H and O–H groups in total. The fraction of sp³-hybridized carbons (Fsp3) is 0.286. The van der Waals surface area contributed by atoms with Crippen molar-refractivity contribution in [2.75, 3.05) is 0 Å². The van der Waals surface area contributed by atoms with Gasteiger partial charge in [0.05, 0.1) is 0 Å². The van der Waals surface area contributed by atoms with Gasteiger partial charge in [-0.15, -0.1) is 0 Å². The van der Waals surface area contributed by atoms with E-state index in [1.807, 2.05) is 30.3 Å². The average molecular weight is 246 g/mol. The van der Waals surface area contributed by atoms with Crippen LogP contribution in [-0.2, 0) is 9.59 Å². The number of hydrogen-bond donors (Lipinski definition) is 2. The van der Waals surface area contributed by atoms with Crippen LogP contribution in [0.3, 0.4) is 0 Å². The molecule has 0 heterocycles. The van der Waals surface area contributed by atoms with Gasteiger partial charge in [-0.2, -0.15) is 0 Å². The second kappa shape index (κ2) is 5.49. The van der Waals surface area contributed by atoms with Crippen molar-refractivity contribution in [3.63, 3.8) is 0 Å². The van der Waals surface area contributed by atoms with Crippen LogP contribution in [0.4, 0.5) is 0 Å². The van der Waals surface area contributed by atoms with Crippen LogP contribution >= 0.6 is 0 Å². The first-order chi connectivity index (χ1) is 8.30. The van der Waals surface area contributed by atoms with E-state index in [0.29, 0.717) is 0 Å². The predicted molar refractivity (Wildman–Crippen MR) is 71.2 cm³/mol. The Morgan fingerprint density at radius 1 is 1.17 bits per heavy atom. The van der Waals surface area contributed by atoms with E-state index in [4.69, 9.17) is 5.73 Å². The summed E-state index contributed by atoms with van der Waals surface area (Å²) in [6, 6.07) is 9.21. The molecule has 0 bridgehead atoms. The van der Waals surface area contributed by atoms with E-state index < -0.39 is 11.3 Å². The highest BCUT2D eigenvalue weighted by Gasteiger charge is 2.23. The molecule has 0 aliphatic carbocycles. The van der Waals surface area contributed by atoms with Crippen LogP contribution in [0.5, 0.6) is 0 Å². The van der Waals surface area contributed by atoms with Gasteiger partial charge in [-0.1, -0.05) is 51.1 Å². The first-order valence-electron chi connectivity index (χ1n) is 5.68. The zero-order valence-electron chi connectivity index (χ0n) is 10.9. The number of benzene rings is 1. The van der Waals surface area contributed by atoms with Gasteiger partial charge in [0.1, 0.15) is 5.70 Å². The molecule has 2 amide bonds. The minimum Gasteiger partial charge on any atom is -0.364 e. The van der Waals surface area contributed by atoms with Crippen molar-refractivity contribution >= 4 is 17.9 Å². The molecule has 0 atom stereocenters. The van der Waals surface area contributed by atoms with Crippen LogP contribution in [-0.4, -0.2) is 11.8 Å². The van der Waals surface area contributed by atoms with Gasteiger partial charge in [0.2, 0.25) is 5.91 Å². The monoisotopic (exact) mass is 246 g/mol. The van der Waals surface area contributed by atoms with E-state index in [9.17, 15) is 9.59 Å². The molecule has 0 aliphatic heterocycles. The maximum Gasteiger partial charge on any atom is 0.265 e. The third kappa shape index (κ3) is 4.05. The van der Waals surface area contributed by atoms with E-state index in [0.717, 1.165) is 5.56 Å². The third-order valence-electron chi connectivity index (χ3n) is 2.31. The lowest BCUT2D eigenvalue weighted by atomic mass is 9.95. The highest BCUT2D eigenvalue weighted by atomic mass is 16.2. The third-order valence-corrected chi connectivity index (χ3v) is 2.31. The molecule has 4 heteroatoms. The number of nitrogens with one attached hydrogen (secondary N) is 1. The van der Waals surface area contributed by atoms with Crippen molar-refractivity contribution in [3.8, 4) is 0 Å². The smallest absolute Gasteiger partial charge is 0.265 e. The summed E-state index contributed by atoms with van der Waals surface area (Å²) >= 11 is 0. The van der Waals surface area contributed by atoms with Crippen LogP contribution < -0.4 is 11.1 Å². The van der Waals surface area contributed by atoms with E-state index in [1.165, 1.54) is 0 Å². The fourth-order valence-corrected chi connectivity index (χ4v) is 1.19. The summed E-state index contributed by atoms with van der Waals surface area (Å²) in [4.78, 5) is 23.1. The molecule has 0 fully saturated rings. The van der Waals surface area contributed by atoms with Crippen LogP contribution in [0.25, 0.3) is 6.08 Å². The quantitative estimate of drug-likeness (QED) is 0.796. The lowest BCUT2D eigenvalue weighted by Crippen LogP contribution is -2.38. The van der Waals surface area contributed by atoms with E-state index in [1.54, 1.807) is 26.8 Å². The Balaban J connectivity index is 2.95. The van der Waals surface area contributed by atoms with Gasteiger partial charge in [0.25, 0.3) is 5.91 Å². The molecule has 0 saturated carbocycles. The molecular weight excluding hydrogens is 228 g/mol. The van der Waals surface area contributed by atoms with Gasteiger partial charge >= 0.3 is 0 Å². The van der Waals surface area contributed by atoms with E-state index in [-0.39, 0.29) is 11.6 Å². The minimum absolute atomic E-state index is 0.0983. The zero-order chi connectivity index (χ0) is 13.8. The molecule has 0 aliphatic rings. The largest absolute Gasteiger partial charge is 0.364 e. The molecule has 96 valence electrons. The van der Waals surface area contributed by atoms with Crippen LogP contribution in [0, 0.1) is 5.41 Å². The molecule has 1 aromatic carbocycles. The Bertz CT molecular complexity index is 470. The Morgan fingerprint density at radius 2 is 1.72 bits per heavy atom. The molecule has 0 saturated heterocycles. The lowest BCUT2D eigenvalue weighted by Gasteiger charge is -2.18. The number of hydrogen-bond acceptors (Lipinski definition) is 2. The second-order valence-electron chi connectivity index (χ2n) is 5.04. The SMILES string of the molecule is CC(C)(C)C(=O)N/C(=C\c1ccccc1)C(N)=O. The molecule has 0 radical (unpaired) electrons. The molecule has 1 rings (SSSR count). The summed E-state index contributed by atoms with van der Waals surface area (Å²) < 4.78 is 0. The number of carbonyl (C=O) groups is 2. The standard InChI is InChI=1S/C14H18N2O2/c1-14(2,3)13(18)16-11(12(15)17)9-10-7-5-4-6-8-10/h4-9H,1-3H3,(H2,15,17)(H,16,18)/b11-9-. The average Bonchev–Trinajstić information content (AvgIpc) is 2.28. The Labute approximate surface area is 107 Å². The molecule has 1 aromatic rings. The van der Waals surface area contributed by atoms with Crippen LogP contribution in [0.1, 0.15) is 26.3 Å². The fourth-order valence-electron chi connectivity index (χ4n) is 1.19. The Kier molecular flexibility index (Phi) is 4.26. The molecule has 4 nitrogen and oxygen atoms in total. The van der Waals surface area contributed by atoms with Crippen molar-refractivity contribution in [2.24, 2.45) is 11.1 Å². The van der Waals surface area contributed by atoms with Crippen molar-refractivity contribution < 1.29 is 9.59 Å². The second-order valence-corrected chi connectivity index (χ2v) is 5.04. The summed E-state index contributed by atoms with van der Waals surface area (Å²) in [7, 11) is 0. The Morgan fingerprint density at radius 3 is 2.17 bits per heavy atom. The zero-order valence-corrected chi connectivity index (χ0v) is 10.9. The van der Waals surface area contributed by atoms with Gasteiger partial charge in [-0.25, -0.2) is 0 Å². The predicted octanol–water partition coefficient (Wildman–Crippen LogP) is 1.68. The minimum atomic E-state index is -0.656. The lowest BCUT2D eigenvalue weighted by molar-refractivity contribution is -0.129.